The first kappa shape index (κ1) is 17.4. The van der Waals surface area contributed by atoms with Crippen molar-refractivity contribution in [1.29, 1.82) is 0 Å². The van der Waals surface area contributed by atoms with Crippen molar-refractivity contribution in [3.63, 3.8) is 0 Å². The van der Waals surface area contributed by atoms with E-state index in [9.17, 15) is 0 Å². The van der Waals surface area contributed by atoms with Crippen molar-refractivity contribution < 1.29 is 8.94 Å². The van der Waals surface area contributed by atoms with E-state index in [2.05, 4.69) is 35.5 Å². The molecular weight excluding hydrogens is 348 g/mol. The van der Waals surface area contributed by atoms with Crippen molar-refractivity contribution >= 4 is 11.8 Å². The highest BCUT2D eigenvalue weighted by Crippen LogP contribution is 2.39. The quantitative estimate of drug-likeness (QED) is 0.551. The van der Waals surface area contributed by atoms with Crippen LogP contribution >= 0.6 is 11.8 Å². The number of hydrogen-bond donors (Lipinski definition) is 0. The highest BCUT2D eigenvalue weighted by atomic mass is 32.2. The van der Waals surface area contributed by atoms with E-state index >= 15 is 0 Å². The maximum atomic E-state index is 5.47. The number of aryl methyl sites for hydroxylation is 1. The molecule has 0 N–H and O–H groups in total. The minimum absolute atomic E-state index is 0.0229. The molecule has 0 spiro atoms. The molecule has 0 bridgehead atoms. The number of thioether (sulfide) groups is 1. The monoisotopic (exact) mass is 372 g/mol. The summed E-state index contributed by atoms with van der Waals surface area (Å²) in [6.45, 7) is 6.34. The molecule has 4 rings (SSSR count). The Morgan fingerprint density at radius 2 is 2.00 bits per heavy atom. The number of aromatic nitrogens is 4. The largest absolute Gasteiger partial charge is 0.461 e. The van der Waals surface area contributed by atoms with E-state index in [0.29, 0.717) is 23.5 Å². The first-order valence-corrected chi connectivity index (χ1v) is 10.1. The zero-order valence-electron chi connectivity index (χ0n) is 15.4. The Hall–Kier alpha value is -2.02. The van der Waals surface area contributed by atoms with Crippen LogP contribution in [0.1, 0.15) is 67.6 Å². The zero-order valence-corrected chi connectivity index (χ0v) is 16.3. The second-order valence-electron chi connectivity index (χ2n) is 6.92. The molecule has 0 aliphatic heterocycles. The SMILES string of the molecule is Cc1nc(SC(C)c2nc(-c3ccco3)no2)n(C2CCCCC2)c1C. The van der Waals surface area contributed by atoms with E-state index in [1.165, 1.54) is 37.8 Å². The first-order valence-electron chi connectivity index (χ1n) is 9.23. The molecule has 3 aromatic rings. The maximum Gasteiger partial charge on any atom is 0.240 e. The molecule has 1 aliphatic rings. The van der Waals surface area contributed by atoms with Crippen LogP contribution in [0.2, 0.25) is 0 Å². The lowest BCUT2D eigenvalue weighted by Gasteiger charge is -2.26. The fraction of sp³-hybridized carbons (Fsp3) is 0.526. The van der Waals surface area contributed by atoms with E-state index < -0.39 is 0 Å². The number of hydrogen-bond acceptors (Lipinski definition) is 6. The Labute approximate surface area is 157 Å². The van der Waals surface area contributed by atoms with Gasteiger partial charge in [0.25, 0.3) is 0 Å². The van der Waals surface area contributed by atoms with Crippen LogP contribution in [0.25, 0.3) is 11.6 Å². The smallest absolute Gasteiger partial charge is 0.240 e. The Kier molecular flexibility index (Phi) is 4.89. The number of imidazole rings is 1. The van der Waals surface area contributed by atoms with Crippen molar-refractivity contribution in [2.45, 2.75) is 69.3 Å². The van der Waals surface area contributed by atoms with Crippen LogP contribution in [-0.2, 0) is 0 Å². The van der Waals surface area contributed by atoms with Gasteiger partial charge < -0.3 is 13.5 Å². The normalized spacial score (nSPS) is 16.9. The molecule has 1 aliphatic carbocycles. The minimum Gasteiger partial charge on any atom is -0.461 e. The van der Waals surface area contributed by atoms with Crippen LogP contribution in [0.3, 0.4) is 0 Å². The van der Waals surface area contributed by atoms with Crippen LogP contribution in [0, 0.1) is 13.8 Å². The van der Waals surface area contributed by atoms with E-state index in [0.717, 1.165) is 10.9 Å². The summed E-state index contributed by atoms with van der Waals surface area (Å²) in [5.74, 6) is 1.70. The van der Waals surface area contributed by atoms with E-state index in [1.54, 1.807) is 18.0 Å². The lowest BCUT2D eigenvalue weighted by Crippen LogP contribution is -2.15. The van der Waals surface area contributed by atoms with Gasteiger partial charge in [0.1, 0.15) is 0 Å². The summed E-state index contributed by atoms with van der Waals surface area (Å²) < 4.78 is 13.2. The molecule has 0 aromatic carbocycles. The molecule has 0 saturated heterocycles. The predicted molar refractivity (Wildman–Crippen MR) is 100 cm³/mol. The summed E-state index contributed by atoms with van der Waals surface area (Å²) in [5.41, 5.74) is 2.38. The van der Waals surface area contributed by atoms with Gasteiger partial charge in [0.15, 0.2) is 10.9 Å². The van der Waals surface area contributed by atoms with Gasteiger partial charge >= 0.3 is 0 Å². The first-order chi connectivity index (χ1) is 12.6. The van der Waals surface area contributed by atoms with Gasteiger partial charge in [0, 0.05) is 11.7 Å². The summed E-state index contributed by atoms with van der Waals surface area (Å²) in [4.78, 5) is 9.32. The molecule has 1 unspecified atom stereocenters. The summed E-state index contributed by atoms with van der Waals surface area (Å²) in [6.07, 6.45) is 8.04. The average Bonchev–Trinajstić information content (AvgIpc) is 3.37. The molecule has 138 valence electrons. The second-order valence-corrected chi connectivity index (χ2v) is 8.23. The molecule has 3 heterocycles. The van der Waals surface area contributed by atoms with Gasteiger partial charge in [0.05, 0.1) is 17.2 Å². The molecule has 26 heavy (non-hydrogen) atoms. The Morgan fingerprint density at radius 3 is 2.73 bits per heavy atom. The van der Waals surface area contributed by atoms with Crippen LogP contribution in [0.15, 0.2) is 32.5 Å². The molecule has 0 radical (unpaired) electrons. The van der Waals surface area contributed by atoms with Crippen molar-refractivity contribution in [2.24, 2.45) is 0 Å². The Balaban J connectivity index is 1.56. The van der Waals surface area contributed by atoms with E-state index in [-0.39, 0.29) is 5.25 Å². The zero-order chi connectivity index (χ0) is 18.1. The van der Waals surface area contributed by atoms with Gasteiger partial charge in [-0.25, -0.2) is 4.98 Å². The highest BCUT2D eigenvalue weighted by molar-refractivity contribution is 7.99. The van der Waals surface area contributed by atoms with Crippen molar-refractivity contribution in [3.8, 4) is 11.6 Å². The minimum atomic E-state index is 0.0229. The summed E-state index contributed by atoms with van der Waals surface area (Å²) in [7, 11) is 0. The topological polar surface area (TPSA) is 69.9 Å². The third-order valence-corrected chi connectivity index (χ3v) is 6.16. The standard InChI is InChI=1S/C19H24N4O2S/c1-12-13(2)23(15-8-5-4-6-9-15)19(20-12)26-14(3)18-21-17(22-25-18)16-10-7-11-24-16/h7,10-11,14-15H,4-6,8-9H2,1-3H3. The van der Waals surface area contributed by atoms with Crippen LogP contribution in [-0.4, -0.2) is 19.7 Å². The van der Waals surface area contributed by atoms with Gasteiger partial charge in [0.2, 0.25) is 11.7 Å². The molecule has 7 heteroatoms. The molecule has 6 nitrogen and oxygen atoms in total. The molecule has 1 atom stereocenters. The number of rotatable bonds is 5. The number of furan rings is 1. The molecule has 0 amide bonds. The van der Waals surface area contributed by atoms with Crippen LogP contribution in [0.4, 0.5) is 0 Å². The molecule has 1 fully saturated rings. The highest BCUT2D eigenvalue weighted by Gasteiger charge is 2.25. The Bertz CT molecular complexity index is 862. The van der Waals surface area contributed by atoms with Crippen molar-refractivity contribution in [2.75, 3.05) is 0 Å². The van der Waals surface area contributed by atoms with Crippen LogP contribution in [0.5, 0.6) is 0 Å². The lowest BCUT2D eigenvalue weighted by molar-refractivity contribution is 0.332. The molecular formula is C19H24N4O2S. The van der Waals surface area contributed by atoms with E-state index in [4.69, 9.17) is 13.9 Å². The lowest BCUT2D eigenvalue weighted by atomic mass is 9.95. The maximum absolute atomic E-state index is 5.47. The van der Waals surface area contributed by atoms with E-state index in [1.807, 2.05) is 12.1 Å². The third-order valence-electron chi connectivity index (χ3n) is 5.11. The summed E-state index contributed by atoms with van der Waals surface area (Å²) in [5, 5.41) is 5.11. The second kappa shape index (κ2) is 7.31. The average molecular weight is 372 g/mol. The summed E-state index contributed by atoms with van der Waals surface area (Å²) >= 11 is 1.69. The molecule has 1 saturated carbocycles. The third kappa shape index (κ3) is 3.32. The van der Waals surface area contributed by atoms with Crippen LogP contribution < -0.4 is 0 Å². The Morgan fingerprint density at radius 1 is 1.19 bits per heavy atom. The number of nitrogens with zero attached hydrogens (tertiary/aromatic N) is 4. The summed E-state index contributed by atoms with van der Waals surface area (Å²) in [6, 6.07) is 4.20. The van der Waals surface area contributed by atoms with Gasteiger partial charge in [-0.15, -0.1) is 0 Å². The van der Waals surface area contributed by atoms with Gasteiger partial charge in [-0.3, -0.25) is 0 Å². The van der Waals surface area contributed by atoms with Crippen molar-refractivity contribution in [3.05, 3.63) is 35.7 Å². The van der Waals surface area contributed by atoms with Gasteiger partial charge in [-0.2, -0.15) is 4.98 Å². The predicted octanol–water partition coefficient (Wildman–Crippen LogP) is 5.50. The van der Waals surface area contributed by atoms with Gasteiger partial charge in [-0.1, -0.05) is 36.2 Å². The van der Waals surface area contributed by atoms with Gasteiger partial charge in [-0.05, 0) is 45.7 Å². The molecule has 3 aromatic heterocycles. The fourth-order valence-electron chi connectivity index (χ4n) is 3.56. The van der Waals surface area contributed by atoms with Crippen molar-refractivity contribution in [1.82, 2.24) is 19.7 Å². The fourth-order valence-corrected chi connectivity index (χ4v) is 4.67.